The number of nitrogens with one attached hydrogen (secondary N) is 1. The maximum absolute atomic E-state index is 5.00. The SMILES string of the molecule is CON=C(c1ccc2cc[nH]c2n1)C1CCCC1. The van der Waals surface area contributed by atoms with E-state index in [1.807, 2.05) is 18.3 Å². The van der Waals surface area contributed by atoms with Gasteiger partial charge in [0.2, 0.25) is 0 Å². The molecule has 3 rings (SSSR count). The molecule has 1 saturated carbocycles. The molecule has 0 unspecified atom stereocenters. The molecule has 0 bridgehead atoms. The van der Waals surface area contributed by atoms with Gasteiger partial charge in [-0.3, -0.25) is 0 Å². The van der Waals surface area contributed by atoms with E-state index in [0.29, 0.717) is 5.92 Å². The van der Waals surface area contributed by atoms with Crippen molar-refractivity contribution in [2.75, 3.05) is 7.11 Å². The molecule has 2 aromatic rings. The Morgan fingerprint density at radius 2 is 2.17 bits per heavy atom. The van der Waals surface area contributed by atoms with Gasteiger partial charge < -0.3 is 9.82 Å². The molecule has 94 valence electrons. The summed E-state index contributed by atoms with van der Waals surface area (Å²) in [6.07, 6.45) is 6.83. The highest BCUT2D eigenvalue weighted by atomic mass is 16.6. The summed E-state index contributed by atoms with van der Waals surface area (Å²) in [5.41, 5.74) is 2.83. The smallest absolute Gasteiger partial charge is 0.138 e. The number of aromatic nitrogens is 2. The largest absolute Gasteiger partial charge is 0.399 e. The lowest BCUT2D eigenvalue weighted by Crippen LogP contribution is -2.14. The minimum Gasteiger partial charge on any atom is -0.399 e. The number of pyridine rings is 1. The van der Waals surface area contributed by atoms with Crippen LogP contribution in [-0.4, -0.2) is 22.8 Å². The lowest BCUT2D eigenvalue weighted by Gasteiger charge is -2.11. The Labute approximate surface area is 106 Å². The summed E-state index contributed by atoms with van der Waals surface area (Å²) >= 11 is 0. The van der Waals surface area contributed by atoms with Crippen LogP contribution in [0.2, 0.25) is 0 Å². The van der Waals surface area contributed by atoms with E-state index in [0.717, 1.165) is 22.4 Å². The molecule has 1 aliphatic rings. The number of hydrogen-bond acceptors (Lipinski definition) is 3. The summed E-state index contributed by atoms with van der Waals surface area (Å²) in [4.78, 5) is 12.8. The average molecular weight is 243 g/mol. The van der Waals surface area contributed by atoms with Gasteiger partial charge in [-0.25, -0.2) is 4.98 Å². The second kappa shape index (κ2) is 4.80. The molecule has 4 heteroatoms. The van der Waals surface area contributed by atoms with Gasteiger partial charge in [-0.05, 0) is 31.0 Å². The zero-order chi connectivity index (χ0) is 12.4. The molecule has 1 N–H and O–H groups in total. The van der Waals surface area contributed by atoms with Gasteiger partial charge in [0.1, 0.15) is 18.5 Å². The van der Waals surface area contributed by atoms with Crippen molar-refractivity contribution >= 4 is 16.7 Å². The van der Waals surface area contributed by atoms with Crippen molar-refractivity contribution in [3.05, 3.63) is 30.1 Å². The van der Waals surface area contributed by atoms with Crippen molar-refractivity contribution in [1.29, 1.82) is 0 Å². The van der Waals surface area contributed by atoms with Crippen molar-refractivity contribution in [2.24, 2.45) is 11.1 Å². The van der Waals surface area contributed by atoms with E-state index < -0.39 is 0 Å². The molecule has 18 heavy (non-hydrogen) atoms. The van der Waals surface area contributed by atoms with Gasteiger partial charge in [0, 0.05) is 17.5 Å². The fourth-order valence-corrected chi connectivity index (χ4v) is 2.70. The lowest BCUT2D eigenvalue weighted by atomic mass is 9.98. The second-order valence-electron chi connectivity index (χ2n) is 4.75. The number of rotatable bonds is 3. The van der Waals surface area contributed by atoms with Crippen molar-refractivity contribution in [2.45, 2.75) is 25.7 Å². The topological polar surface area (TPSA) is 50.3 Å². The molecular formula is C14H17N3O. The fraction of sp³-hybridized carbons (Fsp3) is 0.429. The van der Waals surface area contributed by atoms with E-state index >= 15 is 0 Å². The van der Waals surface area contributed by atoms with E-state index in [1.165, 1.54) is 25.7 Å². The molecule has 2 heterocycles. The molecule has 0 saturated heterocycles. The molecule has 4 nitrogen and oxygen atoms in total. The van der Waals surface area contributed by atoms with E-state index in [2.05, 4.69) is 21.2 Å². The van der Waals surface area contributed by atoms with Gasteiger partial charge in [-0.2, -0.15) is 0 Å². The van der Waals surface area contributed by atoms with Gasteiger partial charge in [0.25, 0.3) is 0 Å². The second-order valence-corrected chi connectivity index (χ2v) is 4.75. The zero-order valence-electron chi connectivity index (χ0n) is 10.5. The minimum absolute atomic E-state index is 0.491. The molecule has 1 aliphatic carbocycles. The van der Waals surface area contributed by atoms with Crippen LogP contribution in [0.25, 0.3) is 11.0 Å². The molecule has 2 aromatic heterocycles. The minimum atomic E-state index is 0.491. The molecular weight excluding hydrogens is 226 g/mol. The van der Waals surface area contributed by atoms with Crippen LogP contribution >= 0.6 is 0 Å². The monoisotopic (exact) mass is 243 g/mol. The third-order valence-electron chi connectivity index (χ3n) is 3.60. The number of fused-ring (bicyclic) bond motifs is 1. The van der Waals surface area contributed by atoms with Crippen LogP contribution in [0.1, 0.15) is 31.4 Å². The summed E-state index contributed by atoms with van der Waals surface area (Å²) in [6.45, 7) is 0. The van der Waals surface area contributed by atoms with E-state index in [1.54, 1.807) is 7.11 Å². The Kier molecular flexibility index (Phi) is 3.00. The Hall–Kier alpha value is -1.84. The quantitative estimate of drug-likeness (QED) is 0.665. The number of nitrogens with zero attached hydrogens (tertiary/aromatic N) is 2. The Morgan fingerprint density at radius 1 is 1.33 bits per heavy atom. The number of H-pyrrole nitrogens is 1. The zero-order valence-corrected chi connectivity index (χ0v) is 10.5. The third kappa shape index (κ3) is 1.98. The molecule has 0 spiro atoms. The number of hydrogen-bond donors (Lipinski definition) is 1. The van der Waals surface area contributed by atoms with Crippen LogP contribution in [0.15, 0.2) is 29.6 Å². The van der Waals surface area contributed by atoms with Crippen molar-refractivity contribution < 1.29 is 4.84 Å². The maximum atomic E-state index is 5.00. The van der Waals surface area contributed by atoms with Crippen LogP contribution in [0, 0.1) is 5.92 Å². The van der Waals surface area contributed by atoms with Crippen LogP contribution in [0.5, 0.6) is 0 Å². The van der Waals surface area contributed by atoms with E-state index in [-0.39, 0.29) is 0 Å². The Balaban J connectivity index is 2.00. The summed E-state index contributed by atoms with van der Waals surface area (Å²) in [5.74, 6) is 0.491. The summed E-state index contributed by atoms with van der Waals surface area (Å²) in [6, 6.07) is 6.13. The van der Waals surface area contributed by atoms with Crippen LogP contribution < -0.4 is 0 Å². The van der Waals surface area contributed by atoms with Crippen LogP contribution in [0.3, 0.4) is 0 Å². The van der Waals surface area contributed by atoms with Gasteiger partial charge in [0.05, 0.1) is 5.69 Å². The lowest BCUT2D eigenvalue weighted by molar-refractivity contribution is 0.211. The third-order valence-corrected chi connectivity index (χ3v) is 3.60. The molecule has 1 fully saturated rings. The predicted octanol–water partition coefficient (Wildman–Crippen LogP) is 3.10. The van der Waals surface area contributed by atoms with Crippen molar-refractivity contribution in [1.82, 2.24) is 9.97 Å². The first kappa shape index (κ1) is 11.3. The fourth-order valence-electron chi connectivity index (χ4n) is 2.70. The highest BCUT2D eigenvalue weighted by molar-refractivity contribution is 6.01. The Morgan fingerprint density at radius 3 is 2.94 bits per heavy atom. The molecule has 0 aliphatic heterocycles. The number of aromatic amines is 1. The van der Waals surface area contributed by atoms with Crippen LogP contribution in [-0.2, 0) is 4.84 Å². The first-order valence-corrected chi connectivity index (χ1v) is 6.44. The number of oxime groups is 1. The molecule has 0 atom stereocenters. The maximum Gasteiger partial charge on any atom is 0.138 e. The first-order valence-electron chi connectivity index (χ1n) is 6.44. The van der Waals surface area contributed by atoms with Gasteiger partial charge in [0.15, 0.2) is 0 Å². The van der Waals surface area contributed by atoms with Gasteiger partial charge in [-0.1, -0.05) is 18.0 Å². The van der Waals surface area contributed by atoms with Gasteiger partial charge >= 0.3 is 0 Å². The van der Waals surface area contributed by atoms with E-state index in [4.69, 9.17) is 4.84 Å². The normalized spacial score (nSPS) is 17.5. The van der Waals surface area contributed by atoms with Crippen molar-refractivity contribution in [3.8, 4) is 0 Å². The van der Waals surface area contributed by atoms with Crippen molar-refractivity contribution in [3.63, 3.8) is 0 Å². The average Bonchev–Trinajstić information content (AvgIpc) is 3.05. The first-order chi connectivity index (χ1) is 8.88. The predicted molar refractivity (Wildman–Crippen MR) is 71.6 cm³/mol. The molecule has 0 amide bonds. The summed E-state index contributed by atoms with van der Waals surface area (Å²) in [7, 11) is 1.60. The highest BCUT2D eigenvalue weighted by Gasteiger charge is 2.24. The van der Waals surface area contributed by atoms with Crippen LogP contribution in [0.4, 0.5) is 0 Å². The molecule has 0 radical (unpaired) electrons. The molecule has 0 aromatic carbocycles. The Bertz CT molecular complexity index is 567. The van der Waals surface area contributed by atoms with E-state index in [9.17, 15) is 0 Å². The summed E-state index contributed by atoms with van der Waals surface area (Å²) in [5, 5.41) is 5.33. The van der Waals surface area contributed by atoms with Gasteiger partial charge in [-0.15, -0.1) is 0 Å². The highest BCUT2D eigenvalue weighted by Crippen LogP contribution is 2.28. The standard InChI is InChI=1S/C14H17N3O/c1-18-17-13(10-4-2-3-5-10)12-7-6-11-8-9-15-14(11)16-12/h6-10H,2-5H2,1H3,(H,15,16). The summed E-state index contributed by atoms with van der Waals surface area (Å²) < 4.78 is 0.